The van der Waals surface area contributed by atoms with Crippen LogP contribution in [0.3, 0.4) is 0 Å². The summed E-state index contributed by atoms with van der Waals surface area (Å²) in [6, 6.07) is 2.12. The van der Waals surface area contributed by atoms with Crippen molar-refractivity contribution in [1.82, 2.24) is 20.0 Å². The third-order valence-electron chi connectivity index (χ3n) is 3.77. The number of aryl methyl sites for hydroxylation is 1. The number of hydrogen-bond donors (Lipinski definition) is 1. The highest BCUT2D eigenvalue weighted by molar-refractivity contribution is 5.01. The summed E-state index contributed by atoms with van der Waals surface area (Å²) in [5.41, 5.74) is 1.32. The van der Waals surface area contributed by atoms with Gasteiger partial charge in [-0.2, -0.15) is 5.10 Å². The van der Waals surface area contributed by atoms with E-state index in [0.29, 0.717) is 0 Å². The van der Waals surface area contributed by atoms with Gasteiger partial charge in [0, 0.05) is 32.9 Å². The van der Waals surface area contributed by atoms with E-state index in [4.69, 9.17) is 0 Å². The summed E-state index contributed by atoms with van der Waals surface area (Å²) in [5.74, 6) is 1.77. The molecule has 0 aromatic carbocycles. The van der Waals surface area contributed by atoms with Gasteiger partial charge in [0.2, 0.25) is 0 Å². The van der Waals surface area contributed by atoms with Crippen LogP contribution in [-0.4, -0.2) is 40.9 Å². The molecular formula is C11H18N4. The van der Waals surface area contributed by atoms with Gasteiger partial charge < -0.3 is 5.32 Å². The van der Waals surface area contributed by atoms with Crippen LogP contribution in [0.15, 0.2) is 12.3 Å². The molecule has 0 radical (unpaired) electrons. The summed E-state index contributed by atoms with van der Waals surface area (Å²) in [7, 11) is 2.02. The second-order valence-electron chi connectivity index (χ2n) is 4.82. The maximum absolute atomic E-state index is 4.21. The average Bonchev–Trinajstić information content (AvgIpc) is 2.83. The smallest absolute Gasteiger partial charge is 0.0521 e. The standard InChI is InChI=1S/C11H18N4/c1-14-11(2-3-13-14)8-15-6-9-4-12-5-10(9)7-15/h2-3,9-10,12H,4-8H2,1H3. The SMILES string of the molecule is Cn1nccc1CN1CC2CNCC2C1. The van der Waals surface area contributed by atoms with Crippen LogP contribution >= 0.6 is 0 Å². The predicted octanol–water partition coefficient (Wildman–Crippen LogP) is 0.0713. The summed E-state index contributed by atoms with van der Waals surface area (Å²) in [5, 5.41) is 7.68. The van der Waals surface area contributed by atoms with E-state index in [9.17, 15) is 0 Å². The van der Waals surface area contributed by atoms with E-state index >= 15 is 0 Å². The van der Waals surface area contributed by atoms with Crippen LogP contribution in [0, 0.1) is 11.8 Å². The first-order chi connectivity index (χ1) is 7.33. The lowest BCUT2D eigenvalue weighted by Gasteiger charge is -2.16. The second kappa shape index (κ2) is 3.61. The zero-order valence-corrected chi connectivity index (χ0v) is 9.19. The Balaban J connectivity index is 1.64. The van der Waals surface area contributed by atoms with E-state index in [2.05, 4.69) is 21.4 Å². The molecule has 2 atom stereocenters. The molecule has 2 unspecified atom stereocenters. The minimum absolute atomic E-state index is 0.887. The van der Waals surface area contributed by atoms with Crippen LogP contribution in [0.2, 0.25) is 0 Å². The van der Waals surface area contributed by atoms with E-state index in [1.54, 1.807) is 0 Å². The zero-order valence-electron chi connectivity index (χ0n) is 9.19. The minimum atomic E-state index is 0.887. The van der Waals surface area contributed by atoms with Crippen molar-refractivity contribution in [2.45, 2.75) is 6.54 Å². The molecule has 1 N–H and O–H groups in total. The van der Waals surface area contributed by atoms with Gasteiger partial charge >= 0.3 is 0 Å². The van der Waals surface area contributed by atoms with Crippen LogP contribution in [0.4, 0.5) is 0 Å². The molecule has 3 rings (SSSR count). The van der Waals surface area contributed by atoms with Crippen LogP contribution in [-0.2, 0) is 13.6 Å². The van der Waals surface area contributed by atoms with Crippen LogP contribution in [0.5, 0.6) is 0 Å². The number of nitrogens with zero attached hydrogens (tertiary/aromatic N) is 3. The number of nitrogens with one attached hydrogen (secondary N) is 1. The summed E-state index contributed by atoms with van der Waals surface area (Å²) in [6.45, 7) is 5.99. The monoisotopic (exact) mass is 206 g/mol. The predicted molar refractivity (Wildman–Crippen MR) is 58.3 cm³/mol. The summed E-state index contributed by atoms with van der Waals surface area (Å²) in [4.78, 5) is 2.56. The molecule has 4 heteroatoms. The highest BCUT2D eigenvalue weighted by Gasteiger charge is 2.35. The molecule has 3 heterocycles. The van der Waals surface area contributed by atoms with E-state index < -0.39 is 0 Å². The first-order valence-electron chi connectivity index (χ1n) is 5.73. The van der Waals surface area contributed by atoms with Gasteiger partial charge in [-0.05, 0) is 31.0 Å². The van der Waals surface area contributed by atoms with Gasteiger partial charge in [0.05, 0.1) is 5.69 Å². The van der Waals surface area contributed by atoms with Gasteiger partial charge in [-0.1, -0.05) is 0 Å². The molecule has 0 spiro atoms. The Hall–Kier alpha value is -0.870. The van der Waals surface area contributed by atoms with Crippen molar-refractivity contribution in [3.05, 3.63) is 18.0 Å². The molecule has 2 saturated heterocycles. The van der Waals surface area contributed by atoms with Gasteiger partial charge in [-0.3, -0.25) is 9.58 Å². The summed E-state index contributed by atoms with van der Waals surface area (Å²) >= 11 is 0. The van der Waals surface area contributed by atoms with Crippen molar-refractivity contribution in [3.8, 4) is 0 Å². The molecule has 2 fully saturated rings. The van der Waals surface area contributed by atoms with Crippen molar-refractivity contribution in [2.24, 2.45) is 18.9 Å². The second-order valence-corrected chi connectivity index (χ2v) is 4.82. The molecule has 0 amide bonds. The third kappa shape index (κ3) is 1.68. The molecule has 15 heavy (non-hydrogen) atoms. The lowest BCUT2D eigenvalue weighted by Crippen LogP contribution is -2.26. The maximum atomic E-state index is 4.21. The third-order valence-corrected chi connectivity index (χ3v) is 3.77. The first-order valence-corrected chi connectivity index (χ1v) is 5.73. The van der Waals surface area contributed by atoms with E-state index in [1.165, 1.54) is 31.9 Å². The Morgan fingerprint density at radius 3 is 2.73 bits per heavy atom. The minimum Gasteiger partial charge on any atom is -0.316 e. The molecule has 1 aromatic heterocycles. The molecule has 82 valence electrons. The van der Waals surface area contributed by atoms with E-state index in [-0.39, 0.29) is 0 Å². The molecule has 2 aliphatic heterocycles. The van der Waals surface area contributed by atoms with Gasteiger partial charge in [0.25, 0.3) is 0 Å². The van der Waals surface area contributed by atoms with E-state index in [0.717, 1.165) is 18.4 Å². The molecule has 2 aliphatic rings. The van der Waals surface area contributed by atoms with Gasteiger partial charge in [-0.15, -0.1) is 0 Å². The topological polar surface area (TPSA) is 33.1 Å². The molecule has 1 aromatic rings. The molecular weight excluding hydrogens is 188 g/mol. The normalized spacial score (nSPS) is 31.0. The molecule has 0 saturated carbocycles. The van der Waals surface area contributed by atoms with Crippen molar-refractivity contribution >= 4 is 0 Å². The molecule has 0 aliphatic carbocycles. The Kier molecular flexibility index (Phi) is 2.25. The first kappa shape index (κ1) is 9.36. The van der Waals surface area contributed by atoms with E-state index in [1.807, 2.05) is 17.9 Å². The van der Waals surface area contributed by atoms with Crippen molar-refractivity contribution in [3.63, 3.8) is 0 Å². The molecule has 0 bridgehead atoms. The fourth-order valence-electron chi connectivity index (χ4n) is 2.87. The number of hydrogen-bond acceptors (Lipinski definition) is 3. The number of likely N-dealkylation sites (tertiary alicyclic amines) is 1. The Morgan fingerprint density at radius 2 is 2.13 bits per heavy atom. The lowest BCUT2D eigenvalue weighted by atomic mass is 10.0. The van der Waals surface area contributed by atoms with Crippen LogP contribution in [0.1, 0.15) is 5.69 Å². The number of aromatic nitrogens is 2. The summed E-state index contributed by atoms with van der Waals surface area (Å²) in [6.07, 6.45) is 1.88. The van der Waals surface area contributed by atoms with Crippen LogP contribution in [0.25, 0.3) is 0 Å². The fourth-order valence-corrected chi connectivity index (χ4v) is 2.87. The highest BCUT2D eigenvalue weighted by Crippen LogP contribution is 2.27. The summed E-state index contributed by atoms with van der Waals surface area (Å²) < 4.78 is 1.98. The van der Waals surface area contributed by atoms with Crippen molar-refractivity contribution in [1.29, 1.82) is 0 Å². The van der Waals surface area contributed by atoms with Gasteiger partial charge in [0.1, 0.15) is 0 Å². The average molecular weight is 206 g/mol. The van der Waals surface area contributed by atoms with Crippen molar-refractivity contribution < 1.29 is 0 Å². The highest BCUT2D eigenvalue weighted by atomic mass is 15.3. The lowest BCUT2D eigenvalue weighted by molar-refractivity contribution is 0.297. The van der Waals surface area contributed by atoms with Gasteiger partial charge in [0.15, 0.2) is 0 Å². The van der Waals surface area contributed by atoms with Crippen LogP contribution < -0.4 is 5.32 Å². The molecule has 4 nitrogen and oxygen atoms in total. The Morgan fingerprint density at radius 1 is 1.40 bits per heavy atom. The zero-order chi connectivity index (χ0) is 10.3. The fraction of sp³-hybridized carbons (Fsp3) is 0.727. The number of fused-ring (bicyclic) bond motifs is 1. The van der Waals surface area contributed by atoms with Crippen molar-refractivity contribution in [2.75, 3.05) is 26.2 Å². The quantitative estimate of drug-likeness (QED) is 0.743. The van der Waals surface area contributed by atoms with Gasteiger partial charge in [-0.25, -0.2) is 0 Å². The maximum Gasteiger partial charge on any atom is 0.0521 e. The largest absolute Gasteiger partial charge is 0.316 e. The Bertz CT molecular complexity index is 334. The Labute approximate surface area is 90.3 Å². The number of rotatable bonds is 2.